The molecular formula is C20H36N2O9. The zero-order chi connectivity index (χ0) is 22.9. The number of piperidine rings is 2. The number of aliphatic hydroxyl groups is 7. The maximum absolute atomic E-state index is 11.4. The van der Waals surface area contributed by atoms with Crippen LogP contribution in [-0.4, -0.2) is 139 Å². The molecule has 11 heteroatoms. The molecule has 4 fully saturated rings. The highest BCUT2D eigenvalue weighted by Gasteiger charge is 2.49. The van der Waals surface area contributed by atoms with Gasteiger partial charge in [-0.3, -0.25) is 14.6 Å². The van der Waals surface area contributed by atoms with E-state index in [1.807, 2.05) is 16.7 Å². The van der Waals surface area contributed by atoms with E-state index in [9.17, 15) is 40.5 Å². The fourth-order valence-corrected chi connectivity index (χ4v) is 5.11. The lowest BCUT2D eigenvalue weighted by Gasteiger charge is -2.42. The molecule has 4 aliphatic rings. The van der Waals surface area contributed by atoms with Gasteiger partial charge in [-0.05, 0) is 19.3 Å². The Morgan fingerprint density at radius 3 is 1.84 bits per heavy atom. The quantitative estimate of drug-likeness (QED) is 0.212. The van der Waals surface area contributed by atoms with Gasteiger partial charge in [-0.15, -0.1) is 0 Å². The number of fused-ring (bicyclic) bond motifs is 2. The molecule has 0 amide bonds. The largest absolute Gasteiger partial charge is 0.458 e. The average molecular weight is 449 g/mol. The molecule has 0 aromatic rings. The van der Waals surface area contributed by atoms with Gasteiger partial charge in [0.25, 0.3) is 0 Å². The summed E-state index contributed by atoms with van der Waals surface area (Å²) in [6, 6.07) is -0.848. The van der Waals surface area contributed by atoms with Gasteiger partial charge in [0.05, 0.1) is 30.4 Å². The lowest BCUT2D eigenvalue weighted by atomic mass is 9.93. The van der Waals surface area contributed by atoms with Crippen LogP contribution in [0.15, 0.2) is 0 Å². The molecule has 4 aliphatic heterocycles. The van der Waals surface area contributed by atoms with E-state index in [0.717, 1.165) is 0 Å². The molecule has 10 atom stereocenters. The molecular weight excluding hydrogens is 412 g/mol. The summed E-state index contributed by atoms with van der Waals surface area (Å²) in [5.74, 6) is -0.355. The molecule has 0 radical (unpaired) electrons. The third-order valence-electron chi connectivity index (χ3n) is 6.80. The zero-order valence-corrected chi connectivity index (χ0v) is 17.8. The summed E-state index contributed by atoms with van der Waals surface area (Å²) in [5, 5.41) is 67.5. The number of rotatable bonds is 3. The number of ether oxygens (including phenoxy) is 1. The van der Waals surface area contributed by atoms with E-state index in [1.54, 1.807) is 0 Å². The Labute approximate surface area is 181 Å². The Kier molecular flexibility index (Phi) is 8.27. The fourth-order valence-electron chi connectivity index (χ4n) is 5.11. The van der Waals surface area contributed by atoms with Gasteiger partial charge >= 0.3 is 5.97 Å². The lowest BCUT2D eigenvalue weighted by molar-refractivity contribution is -0.179. The van der Waals surface area contributed by atoms with Crippen LogP contribution in [-0.2, 0) is 9.53 Å². The predicted octanol–water partition coefficient (Wildman–Crippen LogP) is -3.61. The van der Waals surface area contributed by atoms with Crippen molar-refractivity contribution in [3.63, 3.8) is 0 Å². The first-order valence-corrected chi connectivity index (χ1v) is 11.1. The molecule has 0 aromatic carbocycles. The predicted molar refractivity (Wildman–Crippen MR) is 107 cm³/mol. The standard InChI is InChI=1S/C12H21NO5.C8H15NO4/c1-2-3-9(15)18-8-6-13-5-4-7(14)10(13)12(17)11(8)16;10-4-1-2-9-3-5(11)7(12)8(13)6(4)9/h7-8,10-12,14,16-17H,2-6H2,1H3;4-8,10-13H,1-3H2/t7-,8-,10+,11+,12+;4-,5-,6+,7+,8+/m00/s1. The van der Waals surface area contributed by atoms with Crippen LogP contribution in [0.3, 0.4) is 0 Å². The fraction of sp³-hybridized carbons (Fsp3) is 0.950. The summed E-state index contributed by atoms with van der Waals surface area (Å²) in [7, 11) is 0. The maximum atomic E-state index is 11.4. The highest BCUT2D eigenvalue weighted by molar-refractivity contribution is 5.69. The Bertz CT molecular complexity index is 611. The highest BCUT2D eigenvalue weighted by Crippen LogP contribution is 2.30. The summed E-state index contributed by atoms with van der Waals surface area (Å²) in [6.07, 6.45) is -5.02. The summed E-state index contributed by atoms with van der Waals surface area (Å²) in [5.41, 5.74) is 0. The Morgan fingerprint density at radius 2 is 1.29 bits per heavy atom. The van der Waals surface area contributed by atoms with Gasteiger partial charge in [0.15, 0.2) is 0 Å². The molecule has 0 saturated carbocycles. The van der Waals surface area contributed by atoms with Crippen LogP contribution < -0.4 is 0 Å². The third-order valence-corrected chi connectivity index (χ3v) is 6.80. The van der Waals surface area contributed by atoms with Gasteiger partial charge in [-0.2, -0.15) is 0 Å². The molecule has 4 saturated heterocycles. The minimum absolute atomic E-state index is 0.311. The van der Waals surface area contributed by atoms with Crippen molar-refractivity contribution < 1.29 is 45.3 Å². The highest BCUT2D eigenvalue weighted by atomic mass is 16.6. The molecule has 4 rings (SSSR count). The number of aliphatic hydroxyl groups excluding tert-OH is 7. The van der Waals surface area contributed by atoms with E-state index in [4.69, 9.17) is 4.74 Å². The second-order valence-corrected chi connectivity index (χ2v) is 8.99. The number of hydrogen-bond acceptors (Lipinski definition) is 11. The maximum Gasteiger partial charge on any atom is 0.306 e. The molecule has 0 aromatic heterocycles. The Morgan fingerprint density at radius 1 is 0.774 bits per heavy atom. The van der Waals surface area contributed by atoms with Crippen LogP contribution in [0.1, 0.15) is 32.6 Å². The Balaban J connectivity index is 0.000000185. The monoisotopic (exact) mass is 448 g/mol. The molecule has 0 unspecified atom stereocenters. The van der Waals surface area contributed by atoms with E-state index in [0.29, 0.717) is 51.9 Å². The van der Waals surface area contributed by atoms with Crippen molar-refractivity contribution in [1.82, 2.24) is 9.80 Å². The van der Waals surface area contributed by atoms with Crippen molar-refractivity contribution in [2.75, 3.05) is 26.2 Å². The summed E-state index contributed by atoms with van der Waals surface area (Å²) in [4.78, 5) is 15.1. The second kappa shape index (κ2) is 10.4. The first kappa shape index (κ1) is 24.7. The smallest absolute Gasteiger partial charge is 0.306 e. The summed E-state index contributed by atoms with van der Waals surface area (Å²) >= 11 is 0. The molecule has 0 aliphatic carbocycles. The lowest BCUT2D eigenvalue weighted by Crippen LogP contribution is -2.62. The number of carbonyl (C=O) groups is 1. The van der Waals surface area contributed by atoms with Gasteiger partial charge in [-0.25, -0.2) is 0 Å². The van der Waals surface area contributed by atoms with Crippen LogP contribution >= 0.6 is 0 Å². The van der Waals surface area contributed by atoms with Crippen molar-refractivity contribution in [3.8, 4) is 0 Å². The topological polar surface area (TPSA) is 174 Å². The Hall–Kier alpha value is -0.890. The van der Waals surface area contributed by atoms with Crippen LogP contribution in [0.2, 0.25) is 0 Å². The van der Waals surface area contributed by atoms with Crippen LogP contribution in [0, 0.1) is 0 Å². The minimum atomic E-state index is -1.13. The number of hydrogen-bond donors (Lipinski definition) is 7. The normalized spacial score (nSPS) is 45.4. The van der Waals surface area contributed by atoms with E-state index < -0.39 is 60.9 Å². The molecule has 180 valence electrons. The molecule has 7 N–H and O–H groups in total. The van der Waals surface area contributed by atoms with E-state index in [2.05, 4.69) is 0 Å². The van der Waals surface area contributed by atoms with Crippen molar-refractivity contribution in [3.05, 3.63) is 0 Å². The van der Waals surface area contributed by atoms with Crippen molar-refractivity contribution >= 4 is 5.97 Å². The van der Waals surface area contributed by atoms with Crippen LogP contribution in [0.5, 0.6) is 0 Å². The van der Waals surface area contributed by atoms with Gasteiger partial charge in [0.1, 0.15) is 30.5 Å². The van der Waals surface area contributed by atoms with E-state index in [1.165, 1.54) is 0 Å². The van der Waals surface area contributed by atoms with Gasteiger partial charge in [0.2, 0.25) is 0 Å². The van der Waals surface area contributed by atoms with Gasteiger partial charge < -0.3 is 40.5 Å². The van der Waals surface area contributed by atoms with E-state index in [-0.39, 0.29) is 5.97 Å². The third kappa shape index (κ3) is 5.21. The van der Waals surface area contributed by atoms with Gasteiger partial charge in [0, 0.05) is 32.6 Å². The van der Waals surface area contributed by atoms with Crippen molar-refractivity contribution in [2.24, 2.45) is 0 Å². The number of carbonyl (C=O) groups excluding carboxylic acids is 1. The summed E-state index contributed by atoms with van der Waals surface area (Å²) in [6.45, 7) is 3.90. The SMILES string of the molecule is CCCC(=O)O[C@H]1CN2CC[C@H](O)[C@@H]2[C@@H](O)[C@@H]1O.O[C@H]1[C@H](O)[C@@H](O)CN2CC[C@H](O)[C@H]12. The first-order chi connectivity index (χ1) is 14.6. The molecule has 0 bridgehead atoms. The first-order valence-electron chi connectivity index (χ1n) is 11.1. The molecule has 11 nitrogen and oxygen atoms in total. The van der Waals surface area contributed by atoms with Crippen LogP contribution in [0.25, 0.3) is 0 Å². The number of nitrogens with zero attached hydrogens (tertiary/aromatic N) is 2. The second-order valence-electron chi connectivity index (χ2n) is 8.99. The molecule has 0 spiro atoms. The summed E-state index contributed by atoms with van der Waals surface area (Å²) < 4.78 is 5.19. The van der Waals surface area contributed by atoms with Gasteiger partial charge in [-0.1, -0.05) is 6.92 Å². The van der Waals surface area contributed by atoms with E-state index >= 15 is 0 Å². The average Bonchev–Trinajstić information content (AvgIpc) is 3.27. The van der Waals surface area contributed by atoms with Crippen molar-refractivity contribution in [1.29, 1.82) is 0 Å². The van der Waals surface area contributed by atoms with Crippen molar-refractivity contribution in [2.45, 2.75) is 93.5 Å². The number of esters is 1. The molecule has 4 heterocycles. The molecule has 31 heavy (non-hydrogen) atoms. The minimum Gasteiger partial charge on any atom is -0.458 e. The zero-order valence-electron chi connectivity index (χ0n) is 17.8. The van der Waals surface area contributed by atoms with Crippen LogP contribution in [0.4, 0.5) is 0 Å².